The third-order valence-electron chi connectivity index (χ3n) is 4.89. The van der Waals surface area contributed by atoms with Crippen LogP contribution in [0.2, 0.25) is 0 Å². The number of hydrogen-bond acceptors (Lipinski definition) is 7. The van der Waals surface area contributed by atoms with Crippen LogP contribution in [0.4, 0.5) is 18.0 Å². The maximum Gasteiger partial charge on any atom is 0.417 e. The van der Waals surface area contributed by atoms with Crippen molar-refractivity contribution in [2.24, 2.45) is 0 Å². The van der Waals surface area contributed by atoms with Gasteiger partial charge in [-0.2, -0.15) is 18.4 Å². The van der Waals surface area contributed by atoms with Crippen molar-refractivity contribution in [3.8, 4) is 6.07 Å². The quantitative estimate of drug-likeness (QED) is 0.648. The van der Waals surface area contributed by atoms with E-state index in [-0.39, 0.29) is 5.56 Å². The van der Waals surface area contributed by atoms with Crippen molar-refractivity contribution in [2.45, 2.75) is 29.0 Å². The van der Waals surface area contributed by atoms with E-state index in [9.17, 15) is 31.2 Å². The van der Waals surface area contributed by atoms with Gasteiger partial charge in [-0.25, -0.2) is 13.2 Å². The number of likely N-dealkylation sites (tertiary alicyclic amines) is 1. The first-order chi connectivity index (χ1) is 15.6. The molecule has 2 heterocycles. The summed E-state index contributed by atoms with van der Waals surface area (Å²) >= 11 is 0. The fourth-order valence-electron chi connectivity index (χ4n) is 3.38. The molecule has 2 atom stereocenters. The molecular formula is C20H17F3N4O5S. The zero-order valence-corrected chi connectivity index (χ0v) is 17.6. The molecule has 13 heteroatoms. The molecule has 1 fully saturated rings. The molecular weight excluding hydrogens is 465 g/mol. The number of sulfone groups is 1. The fraction of sp³-hybridized carbons (Fsp3) is 0.300. The smallest absolute Gasteiger partial charge is 0.417 e. The topological polar surface area (TPSA) is 129 Å². The van der Waals surface area contributed by atoms with Crippen molar-refractivity contribution in [1.82, 2.24) is 15.2 Å². The first-order valence-corrected chi connectivity index (χ1v) is 11.0. The van der Waals surface area contributed by atoms with Gasteiger partial charge in [0.1, 0.15) is 6.54 Å². The summed E-state index contributed by atoms with van der Waals surface area (Å²) in [5.74, 6) is -0.697. The van der Waals surface area contributed by atoms with Crippen molar-refractivity contribution in [3.63, 3.8) is 0 Å². The van der Waals surface area contributed by atoms with Crippen molar-refractivity contribution < 1.29 is 35.9 Å². The van der Waals surface area contributed by atoms with Crippen LogP contribution >= 0.6 is 0 Å². The van der Waals surface area contributed by atoms with Crippen molar-refractivity contribution in [1.29, 1.82) is 5.26 Å². The lowest BCUT2D eigenvalue weighted by Crippen LogP contribution is -2.41. The molecule has 1 saturated heterocycles. The van der Waals surface area contributed by atoms with Crippen LogP contribution < -0.4 is 5.32 Å². The number of halogens is 3. The van der Waals surface area contributed by atoms with Gasteiger partial charge in [0.15, 0.2) is 16.1 Å². The molecule has 174 valence electrons. The van der Waals surface area contributed by atoms with Gasteiger partial charge in [0.2, 0.25) is 0 Å². The van der Waals surface area contributed by atoms with Crippen LogP contribution in [-0.2, 0) is 20.8 Å². The monoisotopic (exact) mass is 482 g/mol. The normalized spacial score (nSPS) is 18.4. The number of carbonyl (C=O) groups excluding carboxylic acids is 2. The zero-order chi connectivity index (χ0) is 24.2. The molecule has 1 N–H and O–H groups in total. The zero-order valence-electron chi connectivity index (χ0n) is 16.8. The number of benzene rings is 1. The summed E-state index contributed by atoms with van der Waals surface area (Å²) in [6.45, 7) is -0.906. The number of alkyl carbamates (subject to hydrolysis) is 1. The highest BCUT2D eigenvalue weighted by molar-refractivity contribution is 7.92. The second kappa shape index (κ2) is 9.45. The standard InChI is InChI=1S/C20H17F3N4O5S/c21-20(22,23)15-3-1-2-4-16(15)33(30,31)14-11-17(32-19(29)26-10-7-24)27(12-14)18(28)13-5-8-25-9-6-13/h1-6,8-9,14,17H,10-12H2,(H,26,29)/t14-,17+/m1/s1. The van der Waals surface area contributed by atoms with Crippen LogP contribution in [-0.4, -0.2) is 54.9 Å². The van der Waals surface area contributed by atoms with Crippen molar-refractivity contribution in [2.75, 3.05) is 13.1 Å². The molecule has 0 unspecified atom stereocenters. The molecule has 0 spiro atoms. The number of nitriles is 1. The Hall–Kier alpha value is -3.66. The predicted molar refractivity (Wildman–Crippen MR) is 106 cm³/mol. The Morgan fingerprint density at radius 2 is 1.88 bits per heavy atom. The van der Waals surface area contributed by atoms with Gasteiger partial charge in [-0.3, -0.25) is 9.78 Å². The summed E-state index contributed by atoms with van der Waals surface area (Å²) in [5.41, 5.74) is -1.21. The number of nitrogens with one attached hydrogen (secondary N) is 1. The molecule has 0 saturated carbocycles. The van der Waals surface area contributed by atoms with Crippen LogP contribution in [0.1, 0.15) is 22.3 Å². The Bertz CT molecular complexity index is 1180. The number of hydrogen-bond donors (Lipinski definition) is 1. The molecule has 1 aliphatic heterocycles. The molecule has 2 amide bonds. The first-order valence-electron chi connectivity index (χ1n) is 9.48. The third-order valence-corrected chi connectivity index (χ3v) is 7.08. The van der Waals surface area contributed by atoms with Gasteiger partial charge >= 0.3 is 12.3 Å². The van der Waals surface area contributed by atoms with E-state index in [0.29, 0.717) is 6.07 Å². The lowest BCUT2D eigenvalue weighted by atomic mass is 10.2. The number of amides is 2. The lowest BCUT2D eigenvalue weighted by molar-refractivity contribution is -0.139. The van der Waals surface area contributed by atoms with E-state index in [0.717, 1.165) is 17.0 Å². The van der Waals surface area contributed by atoms with E-state index < -0.39 is 69.5 Å². The lowest BCUT2D eigenvalue weighted by Gasteiger charge is -2.24. The molecule has 0 radical (unpaired) electrons. The fourth-order valence-corrected chi connectivity index (χ4v) is 5.27. The number of pyridine rings is 1. The number of aromatic nitrogens is 1. The van der Waals surface area contributed by atoms with Gasteiger partial charge in [0.05, 0.1) is 21.8 Å². The van der Waals surface area contributed by atoms with Gasteiger partial charge in [-0.1, -0.05) is 12.1 Å². The summed E-state index contributed by atoms with van der Waals surface area (Å²) in [5, 5.41) is 9.20. The largest absolute Gasteiger partial charge is 0.425 e. The summed E-state index contributed by atoms with van der Waals surface area (Å²) in [7, 11) is -4.58. The highest BCUT2D eigenvalue weighted by Gasteiger charge is 2.47. The van der Waals surface area contributed by atoms with E-state index in [1.165, 1.54) is 30.6 Å². The summed E-state index contributed by atoms with van der Waals surface area (Å²) in [6, 6.07) is 8.11. The summed E-state index contributed by atoms with van der Waals surface area (Å²) in [4.78, 5) is 28.7. The van der Waals surface area contributed by atoms with Gasteiger partial charge in [0, 0.05) is 30.9 Å². The highest BCUT2D eigenvalue weighted by Crippen LogP contribution is 2.37. The number of rotatable bonds is 5. The first kappa shape index (κ1) is 24.0. The number of alkyl halides is 3. The molecule has 3 rings (SSSR count). The molecule has 2 aromatic rings. The van der Waals surface area contributed by atoms with Crippen molar-refractivity contribution >= 4 is 21.8 Å². The van der Waals surface area contributed by atoms with Crippen LogP contribution in [0.3, 0.4) is 0 Å². The maximum atomic E-state index is 13.4. The van der Waals surface area contributed by atoms with Crippen LogP contribution in [0, 0.1) is 11.3 Å². The van der Waals surface area contributed by atoms with E-state index in [4.69, 9.17) is 10.00 Å². The number of nitrogens with zero attached hydrogens (tertiary/aromatic N) is 3. The average Bonchev–Trinajstić information content (AvgIpc) is 3.21. The van der Waals surface area contributed by atoms with Crippen molar-refractivity contribution in [3.05, 3.63) is 59.9 Å². The summed E-state index contributed by atoms with van der Waals surface area (Å²) < 4.78 is 71.7. The minimum Gasteiger partial charge on any atom is -0.425 e. The van der Waals surface area contributed by atoms with Gasteiger partial charge < -0.3 is 15.0 Å². The molecule has 9 nitrogen and oxygen atoms in total. The van der Waals surface area contributed by atoms with E-state index in [1.807, 2.05) is 0 Å². The third kappa shape index (κ3) is 5.23. The SMILES string of the molecule is N#CCNC(=O)O[C@H]1C[C@@H](S(=O)(=O)c2ccccc2C(F)(F)F)CN1C(=O)c1ccncc1. The molecule has 1 aromatic carbocycles. The molecule has 1 aromatic heterocycles. The number of carbonyl (C=O) groups is 2. The van der Waals surface area contributed by atoms with Gasteiger partial charge in [0.25, 0.3) is 5.91 Å². The Labute approximate surface area is 186 Å². The predicted octanol–water partition coefficient (Wildman–Crippen LogP) is 2.36. The Morgan fingerprint density at radius 3 is 2.52 bits per heavy atom. The van der Waals surface area contributed by atoms with E-state index in [1.54, 1.807) is 6.07 Å². The Morgan fingerprint density at radius 1 is 1.21 bits per heavy atom. The second-order valence-electron chi connectivity index (χ2n) is 6.96. The van der Waals surface area contributed by atoms with Gasteiger partial charge in [-0.15, -0.1) is 0 Å². The maximum absolute atomic E-state index is 13.4. The van der Waals surface area contributed by atoms with Gasteiger partial charge in [-0.05, 0) is 24.3 Å². The molecule has 33 heavy (non-hydrogen) atoms. The Kier molecular flexibility index (Phi) is 6.87. The second-order valence-corrected chi connectivity index (χ2v) is 9.16. The average molecular weight is 482 g/mol. The molecule has 1 aliphatic rings. The molecule has 0 aliphatic carbocycles. The van der Waals surface area contributed by atoms with Crippen LogP contribution in [0.15, 0.2) is 53.7 Å². The van der Waals surface area contributed by atoms with E-state index >= 15 is 0 Å². The van der Waals surface area contributed by atoms with E-state index in [2.05, 4.69) is 10.3 Å². The summed E-state index contributed by atoms with van der Waals surface area (Å²) in [6.07, 6.45) is -5.18. The Balaban J connectivity index is 1.95. The molecule has 0 bridgehead atoms. The highest BCUT2D eigenvalue weighted by atomic mass is 32.2. The van der Waals surface area contributed by atoms with Crippen LogP contribution in [0.25, 0.3) is 0 Å². The number of ether oxygens (including phenoxy) is 1. The minimum absolute atomic E-state index is 0.116. The van der Waals surface area contributed by atoms with Crippen LogP contribution in [0.5, 0.6) is 0 Å². The minimum atomic E-state index is -4.91.